The molecule has 0 radical (unpaired) electrons. The van der Waals surface area contributed by atoms with Gasteiger partial charge in [-0.1, -0.05) is 29.8 Å². The largest absolute Gasteiger partial charge is 0.337 e. The van der Waals surface area contributed by atoms with Crippen molar-refractivity contribution in [2.24, 2.45) is 0 Å². The van der Waals surface area contributed by atoms with Crippen LogP contribution >= 0.6 is 34.3 Å². The van der Waals surface area contributed by atoms with Crippen molar-refractivity contribution < 1.29 is 9.59 Å². The first kappa shape index (κ1) is 20.2. The van der Waals surface area contributed by atoms with Gasteiger partial charge >= 0.3 is 0 Å². The van der Waals surface area contributed by atoms with Crippen LogP contribution < -0.4 is 5.32 Å². The zero-order valence-electron chi connectivity index (χ0n) is 16.6. The first-order valence-corrected chi connectivity index (χ1v) is 11.8. The second kappa shape index (κ2) is 8.07. The van der Waals surface area contributed by atoms with Gasteiger partial charge in [-0.2, -0.15) is 0 Å². The molecule has 3 heterocycles. The third kappa shape index (κ3) is 3.84. The molecule has 0 saturated heterocycles. The van der Waals surface area contributed by atoms with E-state index in [2.05, 4.69) is 11.4 Å². The number of carbonyl (C=O) groups excluding carboxylic acids is 2. The van der Waals surface area contributed by atoms with E-state index in [1.807, 2.05) is 23.1 Å². The molecule has 5 rings (SSSR count). The molecule has 2 aromatic carbocycles. The number of aromatic nitrogens is 1. The second-order valence-corrected chi connectivity index (χ2v) is 9.92. The Bertz CT molecular complexity index is 1290. The van der Waals surface area contributed by atoms with Crippen LogP contribution in [0.1, 0.15) is 27.7 Å². The number of nitrogens with zero attached hydrogens (tertiary/aromatic N) is 2. The predicted molar refractivity (Wildman–Crippen MR) is 127 cm³/mol. The molecule has 0 saturated carbocycles. The number of amides is 2. The van der Waals surface area contributed by atoms with Crippen molar-refractivity contribution in [1.29, 1.82) is 0 Å². The van der Waals surface area contributed by atoms with E-state index in [1.54, 1.807) is 42.5 Å². The predicted octanol–water partition coefficient (Wildman–Crippen LogP) is 5.84. The molecule has 1 aliphatic rings. The Morgan fingerprint density at radius 2 is 1.97 bits per heavy atom. The highest BCUT2D eigenvalue weighted by molar-refractivity contribution is 7.23. The molecule has 0 atom stereocenters. The van der Waals surface area contributed by atoms with E-state index in [-0.39, 0.29) is 11.8 Å². The summed E-state index contributed by atoms with van der Waals surface area (Å²) < 4.78 is 1.10. The number of carbonyl (C=O) groups is 2. The average molecular weight is 468 g/mol. The van der Waals surface area contributed by atoms with Crippen LogP contribution in [0.5, 0.6) is 0 Å². The molecule has 0 bridgehead atoms. The van der Waals surface area contributed by atoms with Crippen LogP contribution in [0.4, 0.5) is 5.00 Å². The lowest BCUT2D eigenvalue weighted by Gasteiger charge is -2.26. The Labute approximate surface area is 192 Å². The molecule has 156 valence electrons. The van der Waals surface area contributed by atoms with Crippen LogP contribution in [0.3, 0.4) is 0 Å². The normalized spacial score (nSPS) is 13.3. The molecular weight excluding hydrogens is 450 g/mol. The first-order chi connectivity index (χ1) is 15.0. The number of para-hydroxylation sites is 1. The van der Waals surface area contributed by atoms with Crippen molar-refractivity contribution in [2.45, 2.75) is 19.9 Å². The van der Waals surface area contributed by atoms with E-state index in [4.69, 9.17) is 16.6 Å². The number of nitrogens with one attached hydrogen (secondary N) is 1. The number of thiazole rings is 1. The fraction of sp³-hybridized carbons (Fsp3) is 0.174. The summed E-state index contributed by atoms with van der Waals surface area (Å²) in [5.74, 6) is -0.156. The summed E-state index contributed by atoms with van der Waals surface area (Å²) in [5, 5.41) is 5.25. The SMILES string of the molecule is CC(=O)N1CCc2c(sc(NC(=O)c3cccc(Cl)c3)c2-c2nc3ccccc3s2)C1. The van der Waals surface area contributed by atoms with Gasteiger partial charge in [0.2, 0.25) is 5.91 Å². The lowest BCUT2D eigenvalue weighted by atomic mass is 10.0. The Kier molecular flexibility index (Phi) is 5.25. The Morgan fingerprint density at radius 3 is 2.74 bits per heavy atom. The van der Waals surface area contributed by atoms with E-state index < -0.39 is 0 Å². The van der Waals surface area contributed by atoms with E-state index in [0.29, 0.717) is 23.7 Å². The Hall–Kier alpha value is -2.74. The molecule has 8 heteroatoms. The average Bonchev–Trinajstić information content (AvgIpc) is 3.33. The molecule has 31 heavy (non-hydrogen) atoms. The number of anilines is 1. The second-order valence-electron chi connectivity index (χ2n) is 7.35. The Morgan fingerprint density at radius 1 is 1.13 bits per heavy atom. The number of hydrogen-bond donors (Lipinski definition) is 1. The topological polar surface area (TPSA) is 62.3 Å². The maximum Gasteiger partial charge on any atom is 0.256 e. The van der Waals surface area contributed by atoms with Crippen molar-refractivity contribution in [3.8, 4) is 10.6 Å². The van der Waals surface area contributed by atoms with Crippen molar-refractivity contribution in [3.63, 3.8) is 0 Å². The van der Waals surface area contributed by atoms with Gasteiger partial charge in [-0.25, -0.2) is 4.98 Å². The molecule has 0 fully saturated rings. The molecule has 2 aromatic heterocycles. The number of rotatable bonds is 3. The van der Waals surface area contributed by atoms with Gasteiger partial charge in [-0.15, -0.1) is 22.7 Å². The fourth-order valence-electron chi connectivity index (χ4n) is 3.77. The summed E-state index contributed by atoms with van der Waals surface area (Å²) in [6.45, 7) is 2.81. The van der Waals surface area contributed by atoms with Gasteiger partial charge in [0.25, 0.3) is 5.91 Å². The minimum absolute atomic E-state index is 0.0603. The van der Waals surface area contributed by atoms with Gasteiger partial charge in [0.15, 0.2) is 0 Å². The minimum atomic E-state index is -0.216. The van der Waals surface area contributed by atoms with Crippen LogP contribution in [0, 0.1) is 0 Å². The number of thiophene rings is 1. The van der Waals surface area contributed by atoms with Gasteiger partial charge in [0.1, 0.15) is 10.0 Å². The molecule has 0 aliphatic carbocycles. The van der Waals surface area contributed by atoms with Gasteiger partial charge in [0, 0.05) is 34.5 Å². The molecule has 5 nitrogen and oxygen atoms in total. The van der Waals surface area contributed by atoms with Crippen LogP contribution in [0.25, 0.3) is 20.8 Å². The smallest absolute Gasteiger partial charge is 0.256 e. The van der Waals surface area contributed by atoms with Gasteiger partial charge < -0.3 is 10.2 Å². The summed E-state index contributed by atoms with van der Waals surface area (Å²) in [7, 11) is 0. The third-order valence-electron chi connectivity index (χ3n) is 5.32. The zero-order chi connectivity index (χ0) is 21.5. The van der Waals surface area contributed by atoms with Crippen molar-refractivity contribution in [2.75, 3.05) is 11.9 Å². The number of hydrogen-bond acceptors (Lipinski definition) is 5. The van der Waals surface area contributed by atoms with Gasteiger partial charge in [-0.3, -0.25) is 9.59 Å². The molecule has 0 spiro atoms. The monoisotopic (exact) mass is 467 g/mol. The maximum absolute atomic E-state index is 13.0. The summed E-state index contributed by atoms with van der Waals surface area (Å²) in [4.78, 5) is 32.7. The maximum atomic E-state index is 13.0. The molecular formula is C23H18ClN3O2S2. The highest BCUT2D eigenvalue weighted by atomic mass is 35.5. The van der Waals surface area contributed by atoms with Crippen LogP contribution in [-0.4, -0.2) is 28.2 Å². The van der Waals surface area contributed by atoms with Crippen LogP contribution in [-0.2, 0) is 17.8 Å². The standard InChI is InChI=1S/C23H18ClN3O2S2/c1-13(28)27-10-9-16-19(12-27)31-23(26-21(29)14-5-4-6-15(24)11-14)20(16)22-25-17-7-2-3-8-18(17)30-22/h2-8,11H,9-10,12H2,1H3,(H,26,29). The van der Waals surface area contributed by atoms with Crippen LogP contribution in [0.15, 0.2) is 48.5 Å². The molecule has 1 aliphatic heterocycles. The summed E-state index contributed by atoms with van der Waals surface area (Å²) in [5.41, 5.74) is 3.58. The highest BCUT2D eigenvalue weighted by Crippen LogP contribution is 2.45. The quantitative estimate of drug-likeness (QED) is 0.412. The van der Waals surface area contributed by atoms with Crippen molar-refractivity contribution in [3.05, 3.63) is 69.6 Å². The van der Waals surface area contributed by atoms with Gasteiger partial charge in [0.05, 0.1) is 16.8 Å². The van der Waals surface area contributed by atoms with Crippen molar-refractivity contribution in [1.82, 2.24) is 9.88 Å². The highest BCUT2D eigenvalue weighted by Gasteiger charge is 2.28. The lowest BCUT2D eigenvalue weighted by molar-refractivity contribution is -0.129. The first-order valence-electron chi connectivity index (χ1n) is 9.82. The van der Waals surface area contributed by atoms with Gasteiger partial charge in [-0.05, 0) is 42.3 Å². The third-order valence-corrected chi connectivity index (χ3v) is 7.75. The summed E-state index contributed by atoms with van der Waals surface area (Å²) >= 11 is 9.21. The summed E-state index contributed by atoms with van der Waals surface area (Å²) in [6, 6.07) is 14.9. The molecule has 1 N–H and O–H groups in total. The van der Waals surface area contributed by atoms with E-state index in [9.17, 15) is 9.59 Å². The van der Waals surface area contributed by atoms with Crippen molar-refractivity contribution >= 4 is 61.3 Å². The lowest BCUT2D eigenvalue weighted by Crippen LogP contribution is -2.33. The number of halogens is 1. The molecule has 4 aromatic rings. The Balaban J connectivity index is 1.59. The molecule has 0 unspecified atom stereocenters. The van der Waals surface area contributed by atoms with Crippen LogP contribution in [0.2, 0.25) is 5.02 Å². The van der Waals surface area contributed by atoms with E-state index >= 15 is 0 Å². The fourth-order valence-corrected chi connectivity index (χ4v) is 6.33. The number of fused-ring (bicyclic) bond motifs is 2. The van der Waals surface area contributed by atoms with E-state index in [0.717, 1.165) is 37.1 Å². The summed E-state index contributed by atoms with van der Waals surface area (Å²) in [6.07, 6.45) is 0.740. The van der Waals surface area contributed by atoms with E-state index in [1.165, 1.54) is 16.9 Å². The molecule has 2 amide bonds. The number of benzene rings is 2. The zero-order valence-corrected chi connectivity index (χ0v) is 19.0. The minimum Gasteiger partial charge on any atom is -0.337 e.